The molecule has 0 unspecified atom stereocenters. The van der Waals surface area contributed by atoms with Gasteiger partial charge in [-0.2, -0.15) is 0 Å². The molecule has 0 atom stereocenters. The minimum Gasteiger partial charge on any atom is -0.491 e. The molecule has 3 aromatic rings. The molecule has 28 heavy (non-hydrogen) atoms. The predicted octanol–water partition coefficient (Wildman–Crippen LogP) is 4.46. The zero-order chi connectivity index (χ0) is 19.5. The number of unbranched alkanes of at least 4 members (excludes halogenated alkanes) is 1. The molecule has 6 nitrogen and oxygen atoms in total. The van der Waals surface area contributed by atoms with E-state index < -0.39 is 0 Å². The molecule has 1 aliphatic rings. The highest BCUT2D eigenvalue weighted by Crippen LogP contribution is 2.39. The number of ether oxygens (including phenoxy) is 1. The van der Waals surface area contributed by atoms with Gasteiger partial charge in [0.05, 0.1) is 17.8 Å². The molecule has 0 spiro atoms. The maximum atomic E-state index is 11.7. The van der Waals surface area contributed by atoms with Crippen LogP contribution in [0.3, 0.4) is 0 Å². The molecular weight excluding hydrogens is 352 g/mol. The van der Waals surface area contributed by atoms with Gasteiger partial charge < -0.3 is 15.0 Å². The van der Waals surface area contributed by atoms with Crippen LogP contribution in [-0.4, -0.2) is 29.0 Å². The number of aromatic nitrogens is 2. The summed E-state index contributed by atoms with van der Waals surface area (Å²) in [6.07, 6.45) is 4.58. The van der Waals surface area contributed by atoms with Crippen molar-refractivity contribution in [2.24, 2.45) is 0 Å². The summed E-state index contributed by atoms with van der Waals surface area (Å²) in [5.41, 5.74) is 3.94. The normalized spacial score (nSPS) is 12.9. The van der Waals surface area contributed by atoms with Crippen LogP contribution in [0.2, 0.25) is 0 Å². The molecule has 0 bridgehead atoms. The van der Waals surface area contributed by atoms with E-state index in [9.17, 15) is 4.79 Å². The van der Waals surface area contributed by atoms with Crippen molar-refractivity contribution < 1.29 is 9.53 Å². The summed E-state index contributed by atoms with van der Waals surface area (Å²) in [7, 11) is 0. The molecule has 2 heterocycles. The van der Waals surface area contributed by atoms with Crippen LogP contribution in [0, 0.1) is 0 Å². The van der Waals surface area contributed by atoms with Crippen molar-refractivity contribution in [1.29, 1.82) is 0 Å². The first-order valence-electron chi connectivity index (χ1n) is 9.72. The highest BCUT2D eigenvalue weighted by molar-refractivity contribution is 5.99. The fraction of sp³-hybridized carbons (Fsp3) is 0.318. The number of hydrogen-bond donors (Lipinski definition) is 1. The number of carbonyl (C=O) groups excluding carboxylic acids is 1. The number of amides is 1. The van der Waals surface area contributed by atoms with E-state index in [1.807, 2.05) is 18.2 Å². The predicted molar refractivity (Wildman–Crippen MR) is 111 cm³/mol. The summed E-state index contributed by atoms with van der Waals surface area (Å²) in [4.78, 5) is 23.0. The molecule has 1 aliphatic heterocycles. The van der Waals surface area contributed by atoms with Gasteiger partial charge in [-0.25, -0.2) is 9.97 Å². The Morgan fingerprint density at radius 3 is 2.93 bits per heavy atom. The van der Waals surface area contributed by atoms with Crippen molar-refractivity contribution in [3.8, 4) is 5.75 Å². The molecule has 144 valence electrons. The minimum absolute atomic E-state index is 0.135. The number of nitrogens with zero attached hydrogens (tertiary/aromatic N) is 3. The second-order valence-corrected chi connectivity index (χ2v) is 6.98. The number of nitrogens with one attached hydrogen (secondary N) is 1. The first-order chi connectivity index (χ1) is 13.7. The second kappa shape index (κ2) is 7.84. The number of benzene rings is 2. The topological polar surface area (TPSA) is 67.4 Å². The maximum absolute atomic E-state index is 11.7. The minimum atomic E-state index is -0.135. The summed E-state index contributed by atoms with van der Waals surface area (Å²) in [6.45, 7) is 5.09. The molecule has 6 heteroatoms. The standard InChI is InChI=1S/C22H24N4O2/c1-3-4-11-28-21-13-18-17(12-19(21)25-15(2)27)22(24-14-23-18)26-10-9-16-7-5-6-8-20(16)26/h5-8,12-14H,3-4,9-11H2,1-2H3,(H,25,27). The van der Waals surface area contributed by atoms with Crippen LogP contribution in [-0.2, 0) is 11.2 Å². The summed E-state index contributed by atoms with van der Waals surface area (Å²) < 4.78 is 5.92. The molecule has 0 aliphatic carbocycles. The third-order valence-electron chi connectivity index (χ3n) is 4.92. The number of anilines is 3. The van der Waals surface area contributed by atoms with Crippen molar-refractivity contribution >= 4 is 34.0 Å². The van der Waals surface area contributed by atoms with E-state index in [0.717, 1.165) is 42.5 Å². The lowest BCUT2D eigenvalue weighted by Crippen LogP contribution is -2.16. The smallest absolute Gasteiger partial charge is 0.221 e. The molecule has 1 N–H and O–H groups in total. The van der Waals surface area contributed by atoms with Gasteiger partial charge in [0.25, 0.3) is 0 Å². The number of hydrogen-bond acceptors (Lipinski definition) is 5. The van der Waals surface area contributed by atoms with Crippen LogP contribution in [0.15, 0.2) is 42.7 Å². The number of carbonyl (C=O) groups is 1. The molecule has 1 aromatic heterocycles. The lowest BCUT2D eigenvalue weighted by Gasteiger charge is -2.21. The van der Waals surface area contributed by atoms with Gasteiger partial charge in [0, 0.05) is 30.6 Å². The fourth-order valence-electron chi connectivity index (χ4n) is 3.58. The molecule has 0 saturated heterocycles. The summed E-state index contributed by atoms with van der Waals surface area (Å²) in [6, 6.07) is 12.2. The second-order valence-electron chi connectivity index (χ2n) is 6.98. The van der Waals surface area contributed by atoms with Crippen molar-refractivity contribution in [2.75, 3.05) is 23.4 Å². The highest BCUT2D eigenvalue weighted by Gasteiger charge is 2.23. The largest absolute Gasteiger partial charge is 0.491 e. The van der Waals surface area contributed by atoms with Gasteiger partial charge in [-0.1, -0.05) is 31.5 Å². The van der Waals surface area contributed by atoms with Gasteiger partial charge in [0.1, 0.15) is 17.9 Å². The van der Waals surface area contributed by atoms with E-state index in [0.29, 0.717) is 18.0 Å². The SMILES string of the molecule is CCCCOc1cc2ncnc(N3CCc4ccccc43)c2cc1NC(C)=O. The number of rotatable bonds is 6. The molecule has 0 radical (unpaired) electrons. The van der Waals surface area contributed by atoms with Crippen LogP contribution in [0.1, 0.15) is 32.3 Å². The first kappa shape index (κ1) is 18.2. The van der Waals surface area contributed by atoms with Crippen LogP contribution >= 0.6 is 0 Å². The third kappa shape index (κ3) is 3.50. The van der Waals surface area contributed by atoms with Gasteiger partial charge in [-0.3, -0.25) is 4.79 Å². The van der Waals surface area contributed by atoms with Gasteiger partial charge in [0.15, 0.2) is 0 Å². The van der Waals surface area contributed by atoms with Crippen LogP contribution in [0.4, 0.5) is 17.2 Å². The lowest BCUT2D eigenvalue weighted by molar-refractivity contribution is -0.114. The quantitative estimate of drug-likeness (QED) is 0.643. The summed E-state index contributed by atoms with van der Waals surface area (Å²) in [5.74, 6) is 1.36. The third-order valence-corrected chi connectivity index (χ3v) is 4.92. The first-order valence-corrected chi connectivity index (χ1v) is 9.72. The van der Waals surface area contributed by atoms with Gasteiger partial charge in [-0.15, -0.1) is 0 Å². The summed E-state index contributed by atoms with van der Waals surface area (Å²) >= 11 is 0. The van der Waals surface area contributed by atoms with Crippen LogP contribution < -0.4 is 15.0 Å². The van der Waals surface area contributed by atoms with E-state index in [-0.39, 0.29) is 5.91 Å². The number of para-hydroxylation sites is 1. The molecule has 1 amide bonds. The molecule has 0 saturated carbocycles. The Kier molecular flexibility index (Phi) is 5.10. The zero-order valence-corrected chi connectivity index (χ0v) is 16.2. The van der Waals surface area contributed by atoms with Gasteiger partial charge in [0.2, 0.25) is 5.91 Å². The molecule has 2 aromatic carbocycles. The van der Waals surface area contributed by atoms with E-state index >= 15 is 0 Å². The van der Waals surface area contributed by atoms with Gasteiger partial charge >= 0.3 is 0 Å². The van der Waals surface area contributed by atoms with Crippen molar-refractivity contribution in [3.63, 3.8) is 0 Å². The fourth-order valence-corrected chi connectivity index (χ4v) is 3.58. The number of fused-ring (bicyclic) bond motifs is 2. The Bertz CT molecular complexity index is 1020. The van der Waals surface area contributed by atoms with E-state index in [1.54, 1.807) is 6.33 Å². The van der Waals surface area contributed by atoms with Crippen LogP contribution in [0.5, 0.6) is 5.75 Å². The van der Waals surface area contributed by atoms with E-state index in [1.165, 1.54) is 18.2 Å². The van der Waals surface area contributed by atoms with Gasteiger partial charge in [-0.05, 0) is 30.5 Å². The molecule has 4 rings (SSSR count). The lowest BCUT2D eigenvalue weighted by atomic mass is 10.1. The van der Waals surface area contributed by atoms with Crippen molar-refractivity contribution in [1.82, 2.24) is 9.97 Å². The van der Waals surface area contributed by atoms with E-state index in [4.69, 9.17) is 4.74 Å². The Balaban J connectivity index is 1.80. The van der Waals surface area contributed by atoms with E-state index in [2.05, 4.69) is 45.3 Å². The monoisotopic (exact) mass is 376 g/mol. The maximum Gasteiger partial charge on any atom is 0.221 e. The Hall–Kier alpha value is -3.15. The van der Waals surface area contributed by atoms with Crippen molar-refractivity contribution in [3.05, 3.63) is 48.3 Å². The Labute approximate surface area is 164 Å². The molecule has 0 fully saturated rings. The average Bonchev–Trinajstić information content (AvgIpc) is 3.11. The van der Waals surface area contributed by atoms with Crippen molar-refractivity contribution in [2.45, 2.75) is 33.1 Å². The molecular formula is C22H24N4O2. The Morgan fingerprint density at radius 2 is 2.11 bits per heavy atom. The summed E-state index contributed by atoms with van der Waals surface area (Å²) in [5, 5.41) is 3.79. The Morgan fingerprint density at radius 1 is 1.25 bits per heavy atom. The van der Waals surface area contributed by atoms with Crippen LogP contribution in [0.25, 0.3) is 10.9 Å². The highest BCUT2D eigenvalue weighted by atomic mass is 16.5. The average molecular weight is 376 g/mol. The zero-order valence-electron chi connectivity index (χ0n) is 16.2.